The van der Waals surface area contributed by atoms with Crippen molar-refractivity contribution < 1.29 is 38.0 Å². The molecule has 0 fully saturated rings. The normalized spacial score (nSPS) is 17.1. The number of ether oxygens (including phenoxy) is 6. The molecule has 2 unspecified atom stereocenters. The highest BCUT2D eigenvalue weighted by Gasteiger charge is 2.32. The van der Waals surface area contributed by atoms with Crippen molar-refractivity contribution in [3.05, 3.63) is 35.1 Å². The first-order valence-corrected chi connectivity index (χ1v) is 11.0. The summed E-state index contributed by atoms with van der Waals surface area (Å²) in [6.07, 6.45) is 0.475. The van der Waals surface area contributed by atoms with Gasteiger partial charge in [0.15, 0.2) is 23.7 Å². The minimum atomic E-state index is -0.402. The van der Waals surface area contributed by atoms with E-state index < -0.39 is 11.9 Å². The van der Waals surface area contributed by atoms with Crippen molar-refractivity contribution >= 4 is 23.3 Å². The fourth-order valence-corrected chi connectivity index (χ4v) is 3.16. The maximum absolute atomic E-state index is 11.3. The molecule has 1 aromatic heterocycles. The van der Waals surface area contributed by atoms with Crippen molar-refractivity contribution in [1.82, 2.24) is 0 Å². The Kier molecular flexibility index (Phi) is 10.6. The largest absolute Gasteiger partial charge is 0.479 e. The number of hydrogen-bond acceptors (Lipinski definition) is 9. The summed E-state index contributed by atoms with van der Waals surface area (Å²) in [6.45, 7) is 12.3. The summed E-state index contributed by atoms with van der Waals surface area (Å²) in [4.78, 5) is 22.7. The molecule has 0 saturated carbocycles. The second-order valence-corrected chi connectivity index (χ2v) is 7.85. The molecule has 2 atom stereocenters. The number of rotatable bonds is 14. The van der Waals surface area contributed by atoms with Crippen molar-refractivity contribution in [2.45, 2.75) is 38.9 Å². The van der Waals surface area contributed by atoms with Gasteiger partial charge in [0.05, 0.1) is 26.4 Å². The molecule has 9 heteroatoms. The van der Waals surface area contributed by atoms with Crippen LogP contribution < -0.4 is 9.47 Å². The first-order chi connectivity index (χ1) is 14.9. The maximum Gasteiger partial charge on any atom is 0.333 e. The van der Waals surface area contributed by atoms with Crippen molar-refractivity contribution in [3.8, 4) is 11.5 Å². The first-order valence-electron chi connectivity index (χ1n) is 10.1. The smallest absolute Gasteiger partial charge is 0.333 e. The molecule has 2 rings (SSSR count). The van der Waals surface area contributed by atoms with Gasteiger partial charge in [-0.1, -0.05) is 13.2 Å². The van der Waals surface area contributed by atoms with Crippen LogP contribution in [0.2, 0.25) is 0 Å². The van der Waals surface area contributed by atoms with Crippen molar-refractivity contribution in [1.29, 1.82) is 0 Å². The molecule has 8 nitrogen and oxygen atoms in total. The Morgan fingerprint density at radius 1 is 0.839 bits per heavy atom. The van der Waals surface area contributed by atoms with Gasteiger partial charge in [0.25, 0.3) is 0 Å². The summed E-state index contributed by atoms with van der Waals surface area (Å²) < 4.78 is 33.5. The topological polar surface area (TPSA) is 89.5 Å². The number of fused-ring (bicyclic) bond motifs is 1. The third kappa shape index (κ3) is 8.72. The Morgan fingerprint density at radius 3 is 1.65 bits per heavy atom. The lowest BCUT2D eigenvalue weighted by molar-refractivity contribution is -0.140. The number of carbonyl (C=O) groups is 2. The van der Waals surface area contributed by atoms with Gasteiger partial charge < -0.3 is 28.4 Å². The molecule has 0 aliphatic carbocycles. The SMILES string of the molecule is C=C(C)C(=O)OCCCOCC1Oc2cscc2OC1COCCCOC(=O)C(=C)C. The van der Waals surface area contributed by atoms with Crippen LogP contribution in [0.15, 0.2) is 35.1 Å². The molecule has 0 radical (unpaired) electrons. The van der Waals surface area contributed by atoms with Gasteiger partial charge in [0.2, 0.25) is 0 Å². The summed E-state index contributed by atoms with van der Waals surface area (Å²) in [5, 5.41) is 3.76. The zero-order chi connectivity index (χ0) is 22.6. The molecular formula is C22H30O8S. The van der Waals surface area contributed by atoms with Gasteiger partial charge in [-0.05, 0) is 13.8 Å². The monoisotopic (exact) mass is 454 g/mol. The van der Waals surface area contributed by atoms with E-state index in [2.05, 4.69) is 13.2 Å². The number of carbonyl (C=O) groups excluding carboxylic acids is 2. The zero-order valence-corrected chi connectivity index (χ0v) is 18.9. The van der Waals surface area contributed by atoms with E-state index in [9.17, 15) is 9.59 Å². The Balaban J connectivity index is 1.69. The molecule has 31 heavy (non-hydrogen) atoms. The first kappa shape index (κ1) is 24.9. The van der Waals surface area contributed by atoms with Gasteiger partial charge in [-0.2, -0.15) is 0 Å². The lowest BCUT2D eigenvalue weighted by Gasteiger charge is -2.32. The van der Waals surface area contributed by atoms with Crippen LogP contribution in [0.4, 0.5) is 0 Å². The average molecular weight is 455 g/mol. The quantitative estimate of drug-likeness (QED) is 0.240. The maximum atomic E-state index is 11.3. The van der Waals surface area contributed by atoms with Crippen LogP contribution in [0.25, 0.3) is 0 Å². The Morgan fingerprint density at radius 2 is 1.26 bits per heavy atom. The van der Waals surface area contributed by atoms with Crippen molar-refractivity contribution in [2.75, 3.05) is 39.6 Å². The van der Waals surface area contributed by atoms with E-state index in [1.54, 1.807) is 13.8 Å². The molecule has 0 saturated heterocycles. The third-order valence-electron chi connectivity index (χ3n) is 4.16. The van der Waals surface area contributed by atoms with Crippen LogP contribution in [-0.2, 0) is 28.5 Å². The number of esters is 2. The molecule has 172 valence electrons. The van der Waals surface area contributed by atoms with Gasteiger partial charge in [-0.15, -0.1) is 11.3 Å². The van der Waals surface area contributed by atoms with Gasteiger partial charge in [-0.3, -0.25) is 0 Å². The molecule has 0 amide bonds. The second kappa shape index (κ2) is 13.1. The highest BCUT2D eigenvalue weighted by molar-refractivity contribution is 7.08. The third-order valence-corrected chi connectivity index (χ3v) is 4.86. The highest BCUT2D eigenvalue weighted by atomic mass is 32.1. The molecule has 1 aromatic rings. The Labute approximate surface area is 186 Å². The lowest BCUT2D eigenvalue weighted by atomic mass is 10.2. The minimum absolute atomic E-state index is 0.269. The summed E-state index contributed by atoms with van der Waals surface area (Å²) in [5.41, 5.74) is 0.745. The second-order valence-electron chi connectivity index (χ2n) is 7.10. The summed E-state index contributed by atoms with van der Waals surface area (Å²) >= 11 is 1.50. The van der Waals surface area contributed by atoms with Crippen molar-refractivity contribution in [3.63, 3.8) is 0 Å². The average Bonchev–Trinajstić information content (AvgIpc) is 3.19. The van der Waals surface area contributed by atoms with E-state index in [1.165, 1.54) is 11.3 Å². The summed E-state index contributed by atoms with van der Waals surface area (Å²) in [5.74, 6) is 0.579. The molecular weight excluding hydrogens is 424 g/mol. The van der Waals surface area contributed by atoms with Crippen LogP contribution in [0.3, 0.4) is 0 Å². The lowest BCUT2D eigenvalue weighted by Crippen LogP contribution is -2.45. The molecule has 1 aliphatic heterocycles. The molecule has 0 aromatic carbocycles. The van der Waals surface area contributed by atoms with Gasteiger partial charge >= 0.3 is 11.9 Å². The van der Waals surface area contributed by atoms with Crippen LogP contribution in [0.5, 0.6) is 11.5 Å². The predicted octanol–water partition coefficient (Wildman–Crippen LogP) is 3.31. The number of hydrogen-bond donors (Lipinski definition) is 0. The van der Waals surface area contributed by atoms with E-state index >= 15 is 0 Å². The molecule has 0 N–H and O–H groups in total. The summed E-state index contributed by atoms with van der Waals surface area (Å²) in [6, 6.07) is 0. The molecule has 0 bridgehead atoms. The standard InChI is InChI=1S/C22H30O8S/c1-15(2)21(23)27-9-5-7-25-11-17-18(30-20-14-31-13-19(20)29-17)12-26-8-6-10-28-22(24)16(3)4/h13-14,17-18H,1,3,5-12H2,2,4H3. The van der Waals surface area contributed by atoms with Crippen LogP contribution in [-0.4, -0.2) is 63.8 Å². The molecule has 0 spiro atoms. The molecule has 2 heterocycles. The Bertz CT molecular complexity index is 696. The van der Waals surface area contributed by atoms with E-state index in [-0.39, 0.29) is 25.4 Å². The van der Waals surface area contributed by atoms with Crippen molar-refractivity contribution in [2.24, 2.45) is 0 Å². The van der Waals surface area contributed by atoms with E-state index in [0.717, 1.165) is 0 Å². The van der Waals surface area contributed by atoms with Gasteiger partial charge in [-0.25, -0.2) is 9.59 Å². The van der Waals surface area contributed by atoms with Crippen LogP contribution in [0.1, 0.15) is 26.7 Å². The predicted molar refractivity (Wildman–Crippen MR) is 116 cm³/mol. The van der Waals surface area contributed by atoms with Gasteiger partial charge in [0.1, 0.15) is 0 Å². The fourth-order valence-electron chi connectivity index (χ4n) is 2.50. The van der Waals surface area contributed by atoms with E-state index in [0.29, 0.717) is 61.9 Å². The minimum Gasteiger partial charge on any atom is -0.479 e. The van der Waals surface area contributed by atoms with E-state index in [4.69, 9.17) is 28.4 Å². The van der Waals surface area contributed by atoms with Crippen LogP contribution >= 0.6 is 11.3 Å². The van der Waals surface area contributed by atoms with E-state index in [1.807, 2.05) is 10.8 Å². The Hall–Kier alpha value is -2.36. The summed E-state index contributed by atoms with van der Waals surface area (Å²) in [7, 11) is 0. The van der Waals surface area contributed by atoms with Crippen LogP contribution in [0, 0.1) is 0 Å². The highest BCUT2D eigenvalue weighted by Crippen LogP contribution is 2.37. The fraction of sp³-hybridized carbons (Fsp3) is 0.545. The zero-order valence-electron chi connectivity index (χ0n) is 18.1. The number of thiophene rings is 1. The molecule has 1 aliphatic rings. The van der Waals surface area contributed by atoms with Gasteiger partial charge in [0, 0.05) is 48.0 Å².